The molecule has 0 aliphatic rings. The Morgan fingerprint density at radius 2 is 2.18 bits per heavy atom. The van der Waals surface area contributed by atoms with Gasteiger partial charge >= 0.3 is 5.97 Å². The molecule has 118 valence electrons. The van der Waals surface area contributed by atoms with Gasteiger partial charge in [-0.05, 0) is 25.1 Å². The highest BCUT2D eigenvalue weighted by Gasteiger charge is 2.20. The van der Waals surface area contributed by atoms with Gasteiger partial charge in [0.25, 0.3) is 0 Å². The fourth-order valence-electron chi connectivity index (χ4n) is 1.91. The molecule has 0 radical (unpaired) electrons. The first-order valence-electron chi connectivity index (χ1n) is 6.81. The van der Waals surface area contributed by atoms with Gasteiger partial charge in [0.05, 0.1) is 18.8 Å². The number of hydrogen-bond donors (Lipinski definition) is 0. The van der Waals surface area contributed by atoms with Crippen LogP contribution in [0.4, 0.5) is 0 Å². The molecule has 0 saturated carbocycles. The number of esters is 1. The van der Waals surface area contributed by atoms with E-state index in [0.717, 1.165) is 5.56 Å². The third kappa shape index (κ3) is 4.48. The molecule has 1 aromatic carbocycles. The summed E-state index contributed by atoms with van der Waals surface area (Å²) in [4.78, 5) is 11.3. The SMILES string of the molecule is COC(=O)C[C@H](C)S[C@@H](C)c1nnc(-c2cccc(Cl)c2)o1. The molecule has 0 N–H and O–H groups in total. The van der Waals surface area contributed by atoms with Crippen LogP contribution in [0.5, 0.6) is 0 Å². The first kappa shape index (κ1) is 16.8. The van der Waals surface area contributed by atoms with Crippen LogP contribution in [-0.4, -0.2) is 28.5 Å². The molecule has 2 rings (SSSR count). The van der Waals surface area contributed by atoms with Crippen molar-refractivity contribution in [3.05, 3.63) is 35.2 Å². The largest absolute Gasteiger partial charge is 0.469 e. The van der Waals surface area contributed by atoms with E-state index >= 15 is 0 Å². The normalized spacial score (nSPS) is 13.6. The molecule has 0 amide bonds. The van der Waals surface area contributed by atoms with E-state index in [1.807, 2.05) is 26.0 Å². The van der Waals surface area contributed by atoms with E-state index in [9.17, 15) is 4.79 Å². The Bertz CT molecular complexity index is 647. The summed E-state index contributed by atoms with van der Waals surface area (Å²) in [7, 11) is 1.39. The Kier molecular flexibility index (Phi) is 5.85. The molecule has 2 atom stereocenters. The number of aromatic nitrogens is 2. The number of nitrogens with zero attached hydrogens (tertiary/aromatic N) is 2. The molecule has 22 heavy (non-hydrogen) atoms. The van der Waals surface area contributed by atoms with Crippen LogP contribution < -0.4 is 0 Å². The summed E-state index contributed by atoms with van der Waals surface area (Å²) in [5, 5.41) is 8.83. The molecule has 0 unspecified atom stereocenters. The minimum absolute atomic E-state index is 0.0138. The number of halogens is 1. The van der Waals surface area contributed by atoms with Crippen LogP contribution in [0.3, 0.4) is 0 Å². The number of thioether (sulfide) groups is 1. The standard InChI is InChI=1S/C15H17ClN2O3S/c1-9(7-13(19)20-3)22-10(2)14-17-18-15(21-14)11-5-4-6-12(16)8-11/h4-6,8-10H,7H2,1-3H3/t9-,10-/m0/s1. The average Bonchev–Trinajstić information content (AvgIpc) is 2.96. The molecule has 0 saturated heterocycles. The number of carbonyl (C=O) groups is 1. The average molecular weight is 341 g/mol. The van der Waals surface area contributed by atoms with Crippen molar-refractivity contribution in [2.24, 2.45) is 0 Å². The molecule has 5 nitrogen and oxygen atoms in total. The lowest BCUT2D eigenvalue weighted by Gasteiger charge is -2.13. The lowest BCUT2D eigenvalue weighted by Crippen LogP contribution is -2.09. The Morgan fingerprint density at radius 3 is 2.86 bits per heavy atom. The van der Waals surface area contributed by atoms with Crippen molar-refractivity contribution in [3.8, 4) is 11.5 Å². The van der Waals surface area contributed by atoms with Crippen molar-refractivity contribution in [2.45, 2.75) is 30.8 Å². The zero-order valence-corrected chi connectivity index (χ0v) is 14.1. The molecule has 0 bridgehead atoms. The predicted molar refractivity (Wildman–Crippen MR) is 86.8 cm³/mol. The monoisotopic (exact) mass is 340 g/mol. The second-order valence-electron chi connectivity index (χ2n) is 4.82. The fraction of sp³-hybridized carbons (Fsp3) is 0.400. The Hall–Kier alpha value is -1.53. The topological polar surface area (TPSA) is 65.2 Å². The van der Waals surface area contributed by atoms with Gasteiger partial charge in [-0.15, -0.1) is 22.0 Å². The number of benzene rings is 1. The summed E-state index contributed by atoms with van der Waals surface area (Å²) in [6.07, 6.45) is 0.348. The van der Waals surface area contributed by atoms with Gasteiger partial charge in [-0.1, -0.05) is 24.6 Å². The first-order valence-corrected chi connectivity index (χ1v) is 8.13. The smallest absolute Gasteiger partial charge is 0.306 e. The number of carbonyl (C=O) groups excluding carboxylic acids is 1. The predicted octanol–water partition coefficient (Wildman–Crippen LogP) is 4.14. The van der Waals surface area contributed by atoms with Crippen LogP contribution in [0, 0.1) is 0 Å². The van der Waals surface area contributed by atoms with Crippen LogP contribution in [0.25, 0.3) is 11.5 Å². The maximum atomic E-state index is 11.3. The van der Waals surface area contributed by atoms with Gasteiger partial charge in [0, 0.05) is 15.8 Å². The summed E-state index contributed by atoms with van der Waals surface area (Å²) in [5.41, 5.74) is 0.783. The highest BCUT2D eigenvalue weighted by Crippen LogP contribution is 2.33. The quantitative estimate of drug-likeness (QED) is 0.736. The van der Waals surface area contributed by atoms with E-state index in [0.29, 0.717) is 23.2 Å². The summed E-state index contributed by atoms with van der Waals surface area (Å²) >= 11 is 7.54. The highest BCUT2D eigenvalue weighted by atomic mass is 35.5. The molecule has 0 spiro atoms. The number of rotatable bonds is 6. The number of ether oxygens (including phenoxy) is 1. The molecular formula is C15H17ClN2O3S. The molecule has 0 aliphatic heterocycles. The fourth-order valence-corrected chi connectivity index (χ4v) is 3.24. The maximum absolute atomic E-state index is 11.3. The first-order chi connectivity index (χ1) is 10.5. The summed E-state index contributed by atoms with van der Waals surface area (Å²) in [6, 6.07) is 7.25. The molecule has 1 heterocycles. The Morgan fingerprint density at radius 1 is 1.41 bits per heavy atom. The van der Waals surface area contributed by atoms with Crippen LogP contribution in [0.1, 0.15) is 31.4 Å². The second-order valence-corrected chi connectivity index (χ2v) is 7.05. The third-order valence-corrected chi connectivity index (χ3v) is 4.45. The number of hydrogen-bond acceptors (Lipinski definition) is 6. The van der Waals surface area contributed by atoms with Gasteiger partial charge in [0.15, 0.2) is 0 Å². The van der Waals surface area contributed by atoms with Crippen LogP contribution in [0.15, 0.2) is 28.7 Å². The zero-order chi connectivity index (χ0) is 16.1. The van der Waals surface area contributed by atoms with E-state index in [1.54, 1.807) is 23.9 Å². The van der Waals surface area contributed by atoms with E-state index in [1.165, 1.54) is 7.11 Å². The van der Waals surface area contributed by atoms with Gasteiger partial charge in [-0.3, -0.25) is 4.79 Å². The van der Waals surface area contributed by atoms with Crippen molar-refractivity contribution in [1.29, 1.82) is 0 Å². The van der Waals surface area contributed by atoms with E-state index in [4.69, 9.17) is 16.0 Å². The zero-order valence-electron chi connectivity index (χ0n) is 12.6. The Balaban J connectivity index is 2.03. The minimum Gasteiger partial charge on any atom is -0.469 e. The van der Waals surface area contributed by atoms with Gasteiger partial charge in [-0.25, -0.2) is 0 Å². The molecular weight excluding hydrogens is 324 g/mol. The lowest BCUT2D eigenvalue weighted by molar-refractivity contribution is -0.140. The Labute approximate surface area is 138 Å². The van der Waals surface area contributed by atoms with E-state index in [-0.39, 0.29) is 16.5 Å². The van der Waals surface area contributed by atoms with E-state index in [2.05, 4.69) is 14.9 Å². The summed E-state index contributed by atoms with van der Waals surface area (Å²) < 4.78 is 10.4. The lowest BCUT2D eigenvalue weighted by atomic mass is 10.2. The molecule has 7 heteroatoms. The van der Waals surface area contributed by atoms with Gasteiger partial charge in [-0.2, -0.15) is 0 Å². The van der Waals surface area contributed by atoms with E-state index < -0.39 is 0 Å². The molecule has 0 aliphatic carbocycles. The van der Waals surface area contributed by atoms with Gasteiger partial charge < -0.3 is 9.15 Å². The molecule has 2 aromatic rings. The van der Waals surface area contributed by atoms with Crippen molar-refractivity contribution in [2.75, 3.05) is 7.11 Å². The molecule has 1 aromatic heterocycles. The third-order valence-electron chi connectivity index (χ3n) is 2.98. The van der Waals surface area contributed by atoms with Crippen molar-refractivity contribution in [3.63, 3.8) is 0 Å². The van der Waals surface area contributed by atoms with Gasteiger partial charge in [0.2, 0.25) is 11.8 Å². The molecule has 0 fully saturated rings. The minimum atomic E-state index is -0.225. The van der Waals surface area contributed by atoms with Crippen molar-refractivity contribution < 1.29 is 13.9 Å². The van der Waals surface area contributed by atoms with Crippen LogP contribution in [0.2, 0.25) is 5.02 Å². The highest BCUT2D eigenvalue weighted by molar-refractivity contribution is 8.00. The van der Waals surface area contributed by atoms with Crippen molar-refractivity contribution in [1.82, 2.24) is 10.2 Å². The second kappa shape index (κ2) is 7.65. The summed E-state index contributed by atoms with van der Waals surface area (Å²) in [6.45, 7) is 3.93. The van der Waals surface area contributed by atoms with Gasteiger partial charge in [0.1, 0.15) is 0 Å². The maximum Gasteiger partial charge on any atom is 0.306 e. The number of methoxy groups -OCH3 is 1. The summed E-state index contributed by atoms with van der Waals surface area (Å²) in [5.74, 6) is 0.736. The van der Waals surface area contributed by atoms with Crippen molar-refractivity contribution >= 4 is 29.3 Å². The van der Waals surface area contributed by atoms with Crippen LogP contribution >= 0.6 is 23.4 Å². The van der Waals surface area contributed by atoms with Crippen LogP contribution in [-0.2, 0) is 9.53 Å².